The summed E-state index contributed by atoms with van der Waals surface area (Å²) < 4.78 is 22.7. The van der Waals surface area contributed by atoms with Crippen molar-refractivity contribution in [1.82, 2.24) is 5.43 Å². The Labute approximate surface area is 149 Å². The molecule has 24 heavy (non-hydrogen) atoms. The van der Waals surface area contributed by atoms with E-state index in [0.717, 1.165) is 6.26 Å². The SMILES string of the molecule is CS(=O)(=O)c1ccc(NC(=O)N/N=C\c2c(Cl)cccc2Cl)cc1. The first-order valence-electron chi connectivity index (χ1n) is 6.61. The van der Waals surface area contributed by atoms with Crippen LogP contribution in [-0.2, 0) is 9.84 Å². The number of sulfone groups is 1. The highest BCUT2D eigenvalue weighted by Crippen LogP contribution is 2.22. The van der Waals surface area contributed by atoms with E-state index in [2.05, 4.69) is 15.8 Å². The van der Waals surface area contributed by atoms with E-state index >= 15 is 0 Å². The van der Waals surface area contributed by atoms with Crippen molar-refractivity contribution in [2.45, 2.75) is 4.90 Å². The van der Waals surface area contributed by atoms with Gasteiger partial charge in [-0.15, -0.1) is 0 Å². The number of benzene rings is 2. The monoisotopic (exact) mass is 385 g/mol. The van der Waals surface area contributed by atoms with E-state index in [1.54, 1.807) is 18.2 Å². The Morgan fingerprint density at radius 2 is 1.67 bits per heavy atom. The molecule has 0 unspecified atom stereocenters. The molecule has 126 valence electrons. The standard InChI is InChI=1S/C15H13Cl2N3O3S/c1-24(22,23)11-7-5-10(6-8-11)19-15(21)20-18-9-12-13(16)3-2-4-14(12)17/h2-9H,1H3,(H2,19,20,21)/b18-9-. The zero-order valence-corrected chi connectivity index (χ0v) is 14.8. The van der Waals surface area contributed by atoms with Crippen molar-refractivity contribution in [1.29, 1.82) is 0 Å². The average Bonchev–Trinajstić information content (AvgIpc) is 2.50. The van der Waals surface area contributed by atoms with E-state index in [9.17, 15) is 13.2 Å². The number of hydrogen-bond donors (Lipinski definition) is 2. The molecule has 2 amide bonds. The van der Waals surface area contributed by atoms with Crippen LogP contribution in [0.5, 0.6) is 0 Å². The maximum Gasteiger partial charge on any atom is 0.339 e. The van der Waals surface area contributed by atoms with Crippen LogP contribution in [0.25, 0.3) is 0 Å². The summed E-state index contributed by atoms with van der Waals surface area (Å²) in [4.78, 5) is 11.9. The minimum atomic E-state index is -3.28. The lowest BCUT2D eigenvalue weighted by atomic mass is 10.2. The molecular weight excluding hydrogens is 373 g/mol. The van der Waals surface area contributed by atoms with Gasteiger partial charge in [-0.2, -0.15) is 5.10 Å². The molecule has 0 saturated carbocycles. The maximum atomic E-state index is 11.7. The fourth-order valence-corrected chi connectivity index (χ4v) is 2.86. The largest absolute Gasteiger partial charge is 0.339 e. The van der Waals surface area contributed by atoms with Crippen LogP contribution >= 0.6 is 23.2 Å². The molecule has 2 rings (SSSR count). The number of urea groups is 1. The minimum absolute atomic E-state index is 0.167. The van der Waals surface area contributed by atoms with Gasteiger partial charge in [0.1, 0.15) is 0 Å². The molecule has 6 nitrogen and oxygen atoms in total. The number of nitrogens with one attached hydrogen (secondary N) is 2. The van der Waals surface area contributed by atoms with Gasteiger partial charge >= 0.3 is 6.03 Å². The number of carbonyl (C=O) groups is 1. The van der Waals surface area contributed by atoms with Gasteiger partial charge in [-0.25, -0.2) is 18.6 Å². The van der Waals surface area contributed by atoms with Crippen LogP contribution in [0.15, 0.2) is 52.5 Å². The number of rotatable bonds is 4. The van der Waals surface area contributed by atoms with Crippen LogP contribution in [0.1, 0.15) is 5.56 Å². The summed E-state index contributed by atoms with van der Waals surface area (Å²) in [6.45, 7) is 0. The third-order valence-corrected chi connectivity index (χ3v) is 4.69. The first kappa shape index (κ1) is 18.3. The normalized spacial score (nSPS) is 11.5. The molecule has 0 radical (unpaired) electrons. The van der Waals surface area contributed by atoms with Crippen LogP contribution < -0.4 is 10.7 Å². The molecule has 0 aliphatic heterocycles. The fraction of sp³-hybridized carbons (Fsp3) is 0.0667. The zero-order chi connectivity index (χ0) is 17.7. The zero-order valence-electron chi connectivity index (χ0n) is 12.5. The molecule has 0 atom stereocenters. The Bertz CT molecular complexity index is 861. The van der Waals surface area contributed by atoms with Crippen LogP contribution in [0, 0.1) is 0 Å². The number of amides is 2. The van der Waals surface area contributed by atoms with E-state index in [0.29, 0.717) is 21.3 Å². The van der Waals surface area contributed by atoms with Gasteiger partial charge in [-0.1, -0.05) is 29.3 Å². The van der Waals surface area contributed by atoms with E-state index in [-0.39, 0.29) is 4.90 Å². The van der Waals surface area contributed by atoms with Gasteiger partial charge in [0.05, 0.1) is 21.2 Å². The molecule has 0 heterocycles. The van der Waals surface area contributed by atoms with E-state index in [1.807, 2.05) is 0 Å². The number of carbonyl (C=O) groups excluding carboxylic acids is 1. The molecule has 2 N–H and O–H groups in total. The van der Waals surface area contributed by atoms with Crippen LogP contribution in [0.3, 0.4) is 0 Å². The Kier molecular flexibility index (Phi) is 5.82. The van der Waals surface area contributed by atoms with E-state index in [4.69, 9.17) is 23.2 Å². The lowest BCUT2D eigenvalue weighted by Crippen LogP contribution is -2.24. The number of nitrogens with zero attached hydrogens (tertiary/aromatic N) is 1. The van der Waals surface area contributed by atoms with Crippen molar-refractivity contribution < 1.29 is 13.2 Å². The van der Waals surface area contributed by atoms with Crippen molar-refractivity contribution >= 4 is 51.0 Å². The first-order valence-corrected chi connectivity index (χ1v) is 9.26. The van der Waals surface area contributed by atoms with Crippen molar-refractivity contribution in [3.8, 4) is 0 Å². The molecule has 0 spiro atoms. The molecule has 0 saturated heterocycles. The Morgan fingerprint density at radius 3 is 2.21 bits per heavy atom. The van der Waals surface area contributed by atoms with Crippen LogP contribution in [-0.4, -0.2) is 26.9 Å². The van der Waals surface area contributed by atoms with Gasteiger partial charge in [0.15, 0.2) is 9.84 Å². The number of hydrazone groups is 1. The predicted octanol–water partition coefficient (Wildman–Crippen LogP) is 3.55. The smallest absolute Gasteiger partial charge is 0.307 e. The fourth-order valence-electron chi connectivity index (χ4n) is 1.73. The number of halogens is 2. The summed E-state index contributed by atoms with van der Waals surface area (Å²) >= 11 is 11.9. The summed E-state index contributed by atoms with van der Waals surface area (Å²) in [5.74, 6) is 0. The quantitative estimate of drug-likeness (QED) is 0.622. The summed E-state index contributed by atoms with van der Waals surface area (Å²) in [7, 11) is -3.28. The number of anilines is 1. The van der Waals surface area contributed by atoms with Gasteiger partial charge in [0.2, 0.25) is 0 Å². The van der Waals surface area contributed by atoms with Gasteiger partial charge in [0.25, 0.3) is 0 Å². The topological polar surface area (TPSA) is 87.6 Å². The maximum absolute atomic E-state index is 11.7. The predicted molar refractivity (Wildman–Crippen MR) is 95.8 cm³/mol. The van der Waals surface area contributed by atoms with Crippen molar-refractivity contribution in [3.63, 3.8) is 0 Å². The Hall–Kier alpha value is -2.09. The minimum Gasteiger partial charge on any atom is -0.307 e. The van der Waals surface area contributed by atoms with E-state index < -0.39 is 15.9 Å². The summed E-state index contributed by atoms with van der Waals surface area (Å²) in [6, 6.07) is 10.2. The number of hydrogen-bond acceptors (Lipinski definition) is 4. The Morgan fingerprint density at radius 1 is 1.08 bits per heavy atom. The van der Waals surface area contributed by atoms with Gasteiger partial charge in [-0.05, 0) is 36.4 Å². The molecule has 0 aromatic heterocycles. The average molecular weight is 386 g/mol. The lowest BCUT2D eigenvalue weighted by Gasteiger charge is -2.05. The van der Waals surface area contributed by atoms with Gasteiger partial charge < -0.3 is 5.32 Å². The third kappa shape index (κ3) is 4.95. The second-order valence-electron chi connectivity index (χ2n) is 4.76. The van der Waals surface area contributed by atoms with Crippen molar-refractivity contribution in [2.75, 3.05) is 11.6 Å². The highest BCUT2D eigenvalue weighted by molar-refractivity contribution is 7.90. The van der Waals surface area contributed by atoms with Gasteiger partial charge in [0, 0.05) is 17.5 Å². The molecule has 0 bridgehead atoms. The second kappa shape index (κ2) is 7.65. The van der Waals surface area contributed by atoms with E-state index in [1.165, 1.54) is 30.5 Å². The van der Waals surface area contributed by atoms with Crippen molar-refractivity contribution in [3.05, 3.63) is 58.1 Å². The summed E-state index contributed by atoms with van der Waals surface area (Å²) in [5.41, 5.74) is 3.17. The first-order chi connectivity index (χ1) is 11.3. The molecule has 2 aromatic carbocycles. The molecule has 0 aliphatic rings. The molecule has 9 heteroatoms. The Balaban J connectivity index is 1.97. The summed E-state index contributed by atoms with van der Waals surface area (Å²) in [6.07, 6.45) is 2.44. The highest BCUT2D eigenvalue weighted by Gasteiger charge is 2.07. The lowest BCUT2D eigenvalue weighted by molar-refractivity contribution is 0.252. The van der Waals surface area contributed by atoms with Crippen LogP contribution in [0.2, 0.25) is 10.0 Å². The third-order valence-electron chi connectivity index (χ3n) is 2.90. The second-order valence-corrected chi connectivity index (χ2v) is 7.59. The summed E-state index contributed by atoms with van der Waals surface area (Å²) in [5, 5.41) is 7.09. The highest BCUT2D eigenvalue weighted by atomic mass is 35.5. The molecule has 2 aromatic rings. The van der Waals surface area contributed by atoms with Crippen molar-refractivity contribution in [2.24, 2.45) is 5.10 Å². The van der Waals surface area contributed by atoms with Gasteiger partial charge in [-0.3, -0.25) is 0 Å². The van der Waals surface area contributed by atoms with Crippen LogP contribution in [0.4, 0.5) is 10.5 Å². The molecule has 0 fully saturated rings. The molecule has 0 aliphatic carbocycles. The molecular formula is C15H13Cl2N3O3S.